The minimum Gasteiger partial charge on any atom is -0.462 e. The molecule has 1 N–H and O–H groups in total. The second-order valence-electron chi connectivity index (χ2n) is 19.9. The van der Waals surface area contributed by atoms with Gasteiger partial charge >= 0.3 is 19.8 Å². The summed E-state index contributed by atoms with van der Waals surface area (Å²) in [7, 11) is 1.44. The molecule has 392 valence electrons. The molecule has 0 aliphatic heterocycles. The summed E-state index contributed by atoms with van der Waals surface area (Å²) in [5, 5.41) is 0. The van der Waals surface area contributed by atoms with Crippen LogP contribution in [0.3, 0.4) is 0 Å². The van der Waals surface area contributed by atoms with Crippen LogP contribution in [0, 0.1) is 0 Å². The van der Waals surface area contributed by atoms with Crippen LogP contribution in [0.15, 0.2) is 48.6 Å². The third kappa shape index (κ3) is 53.2. The lowest BCUT2D eigenvalue weighted by Crippen LogP contribution is -2.37. The summed E-state index contributed by atoms with van der Waals surface area (Å²) in [6.07, 6.45) is 60.9. The maximum Gasteiger partial charge on any atom is 0.472 e. The average Bonchev–Trinajstić information content (AvgIpc) is 3.29. The molecule has 0 radical (unpaired) electrons. The van der Waals surface area contributed by atoms with E-state index < -0.39 is 26.5 Å². The third-order valence-electron chi connectivity index (χ3n) is 12.1. The van der Waals surface area contributed by atoms with Crippen LogP contribution in [0.2, 0.25) is 0 Å². The molecule has 0 bridgehead atoms. The van der Waals surface area contributed by atoms with E-state index in [-0.39, 0.29) is 32.0 Å². The molecular weight excluding hydrogens is 858 g/mol. The molecular formula is C57H107NO8P+. The lowest BCUT2D eigenvalue weighted by atomic mass is 10.0. The zero-order valence-corrected chi connectivity index (χ0v) is 45.3. The minimum atomic E-state index is -4.40. The van der Waals surface area contributed by atoms with E-state index in [1.807, 2.05) is 33.3 Å². The van der Waals surface area contributed by atoms with Gasteiger partial charge < -0.3 is 18.9 Å². The van der Waals surface area contributed by atoms with Crippen LogP contribution in [0.5, 0.6) is 0 Å². The van der Waals surface area contributed by atoms with E-state index >= 15 is 0 Å². The maximum absolute atomic E-state index is 12.7. The van der Waals surface area contributed by atoms with Crippen molar-refractivity contribution in [1.82, 2.24) is 0 Å². The highest BCUT2D eigenvalue weighted by Crippen LogP contribution is 2.43. The number of unbranched alkanes of at least 4 members (excludes halogenated alkanes) is 29. The van der Waals surface area contributed by atoms with Gasteiger partial charge in [0.25, 0.3) is 0 Å². The van der Waals surface area contributed by atoms with E-state index in [1.54, 1.807) is 0 Å². The number of hydrogen-bond acceptors (Lipinski definition) is 7. The Hall–Kier alpha value is -2.03. The van der Waals surface area contributed by atoms with Crippen molar-refractivity contribution in [2.45, 2.75) is 258 Å². The molecule has 2 atom stereocenters. The van der Waals surface area contributed by atoms with Crippen LogP contribution in [0.25, 0.3) is 0 Å². The predicted octanol–water partition coefficient (Wildman–Crippen LogP) is 17.0. The topological polar surface area (TPSA) is 108 Å². The van der Waals surface area contributed by atoms with E-state index in [2.05, 4.69) is 50.3 Å². The van der Waals surface area contributed by atoms with Gasteiger partial charge in [-0.2, -0.15) is 0 Å². The lowest BCUT2D eigenvalue weighted by molar-refractivity contribution is -0.870. The highest BCUT2D eigenvalue weighted by molar-refractivity contribution is 7.47. The van der Waals surface area contributed by atoms with Gasteiger partial charge in [-0.05, 0) is 38.5 Å². The van der Waals surface area contributed by atoms with E-state index in [9.17, 15) is 19.0 Å². The van der Waals surface area contributed by atoms with Gasteiger partial charge in [0.2, 0.25) is 0 Å². The molecule has 0 aromatic rings. The molecule has 0 aliphatic carbocycles. The Balaban J connectivity index is 4.04. The predicted molar refractivity (Wildman–Crippen MR) is 284 cm³/mol. The fourth-order valence-electron chi connectivity index (χ4n) is 7.85. The first-order valence-electron chi connectivity index (χ1n) is 27.9. The largest absolute Gasteiger partial charge is 0.472 e. The molecule has 0 aromatic carbocycles. The number of nitrogens with zero attached hydrogens (tertiary/aromatic N) is 1. The van der Waals surface area contributed by atoms with Gasteiger partial charge in [0.15, 0.2) is 6.10 Å². The number of phosphoric ester groups is 1. The summed E-state index contributed by atoms with van der Waals surface area (Å²) in [5.41, 5.74) is 0. The number of likely N-dealkylation sites (N-methyl/N-ethyl adjacent to an activating group) is 1. The molecule has 0 saturated carbocycles. The fraction of sp³-hybridized carbons (Fsp3) is 0.825. The van der Waals surface area contributed by atoms with Crippen molar-refractivity contribution in [2.75, 3.05) is 47.5 Å². The second-order valence-corrected chi connectivity index (χ2v) is 21.4. The number of ether oxygens (including phenoxy) is 2. The molecule has 9 nitrogen and oxygen atoms in total. The second kappa shape index (κ2) is 49.0. The Kier molecular flexibility index (Phi) is 47.5. The molecule has 0 heterocycles. The smallest absolute Gasteiger partial charge is 0.462 e. The molecule has 0 saturated heterocycles. The quantitative estimate of drug-likeness (QED) is 0.0211. The normalized spacial score (nSPS) is 13.7. The first-order chi connectivity index (χ1) is 32.5. The molecule has 67 heavy (non-hydrogen) atoms. The monoisotopic (exact) mass is 965 g/mol. The van der Waals surface area contributed by atoms with E-state index in [0.29, 0.717) is 17.4 Å². The molecule has 10 heteroatoms. The number of allylic oxidation sites excluding steroid dienone is 8. The van der Waals surface area contributed by atoms with E-state index in [1.165, 1.54) is 173 Å². The molecule has 0 spiro atoms. The minimum absolute atomic E-state index is 0.0191. The first kappa shape index (κ1) is 65.0. The van der Waals surface area contributed by atoms with Crippen LogP contribution in [0.4, 0.5) is 0 Å². The van der Waals surface area contributed by atoms with Gasteiger partial charge in [-0.1, -0.05) is 249 Å². The zero-order valence-electron chi connectivity index (χ0n) is 44.4. The summed E-state index contributed by atoms with van der Waals surface area (Å²) in [5.74, 6) is -0.885. The van der Waals surface area contributed by atoms with Crippen LogP contribution < -0.4 is 0 Å². The molecule has 0 aliphatic rings. The lowest BCUT2D eigenvalue weighted by Gasteiger charge is -2.24. The van der Waals surface area contributed by atoms with Gasteiger partial charge in [-0.25, -0.2) is 4.57 Å². The van der Waals surface area contributed by atoms with Crippen molar-refractivity contribution >= 4 is 19.8 Å². The van der Waals surface area contributed by atoms with Crippen LogP contribution in [0.1, 0.15) is 251 Å². The average molecular weight is 965 g/mol. The third-order valence-corrected chi connectivity index (χ3v) is 13.1. The van der Waals surface area contributed by atoms with Crippen molar-refractivity contribution in [3.8, 4) is 0 Å². The number of esters is 2. The molecule has 0 fully saturated rings. The Morgan fingerprint density at radius 3 is 1.24 bits per heavy atom. The number of quaternary nitrogens is 1. The Morgan fingerprint density at radius 1 is 0.478 bits per heavy atom. The van der Waals surface area contributed by atoms with Crippen LogP contribution in [-0.2, 0) is 32.7 Å². The Bertz CT molecular complexity index is 1270. The maximum atomic E-state index is 12.7. The van der Waals surface area contributed by atoms with Gasteiger partial charge in [-0.15, -0.1) is 0 Å². The Morgan fingerprint density at radius 2 is 0.851 bits per heavy atom. The van der Waals surface area contributed by atoms with Crippen LogP contribution in [-0.4, -0.2) is 74.9 Å². The molecule has 2 unspecified atom stereocenters. The van der Waals surface area contributed by atoms with Crippen molar-refractivity contribution in [3.05, 3.63) is 48.6 Å². The molecule has 0 aromatic heterocycles. The number of carbonyl (C=O) groups is 2. The summed E-state index contributed by atoms with van der Waals surface area (Å²) < 4.78 is 34.3. The van der Waals surface area contributed by atoms with Gasteiger partial charge in [0.05, 0.1) is 27.7 Å². The number of carbonyl (C=O) groups excluding carboxylic acids is 2. The van der Waals surface area contributed by atoms with Gasteiger partial charge in [-0.3, -0.25) is 18.6 Å². The summed E-state index contributed by atoms with van der Waals surface area (Å²) in [4.78, 5) is 35.5. The van der Waals surface area contributed by atoms with Crippen molar-refractivity contribution < 1.29 is 42.1 Å². The summed E-state index contributed by atoms with van der Waals surface area (Å²) in [6.45, 7) is 4.25. The Labute approximate surface area is 414 Å². The van der Waals surface area contributed by atoms with Gasteiger partial charge in [0.1, 0.15) is 19.8 Å². The number of hydrogen-bond donors (Lipinski definition) is 1. The standard InChI is InChI=1S/C57H106NO8P/c1-6-8-10-12-14-16-18-20-21-22-23-24-25-26-27-28-29-30-31-32-33-34-35-36-38-39-41-43-45-47-49-56(59)63-53-55(54-65-67(61,62)64-52-51-58(3,4)5)66-57(60)50-48-46-44-42-40-37-19-17-15-13-11-9-7-2/h9,11,15,17,37,40,44,46,55H,6-8,10,12-14,16,18-36,38-39,41-43,45,47-54H2,1-5H3/p+1/b11-9-,17-15-,40-37-,46-44-. The summed E-state index contributed by atoms with van der Waals surface area (Å²) in [6, 6.07) is 0. The highest BCUT2D eigenvalue weighted by atomic mass is 31.2. The first-order valence-corrected chi connectivity index (χ1v) is 29.4. The highest BCUT2D eigenvalue weighted by Gasteiger charge is 2.27. The SMILES string of the molecule is CC/C=C\C/C=C\C/C=C\C/C=C\CCC(=O)OC(COC(=O)CCCCCCCCCCCCCCCCCCCCCCCCCCCCCCCC)COP(=O)(O)OCC[N+](C)(C)C. The van der Waals surface area contributed by atoms with E-state index in [4.69, 9.17) is 18.5 Å². The number of phosphoric acid groups is 1. The van der Waals surface area contributed by atoms with E-state index in [0.717, 1.165) is 44.9 Å². The van der Waals surface area contributed by atoms with Crippen molar-refractivity contribution in [1.29, 1.82) is 0 Å². The molecule has 0 amide bonds. The van der Waals surface area contributed by atoms with Gasteiger partial charge in [0, 0.05) is 12.8 Å². The fourth-order valence-corrected chi connectivity index (χ4v) is 8.60. The zero-order chi connectivity index (χ0) is 49.2. The summed E-state index contributed by atoms with van der Waals surface area (Å²) >= 11 is 0. The van der Waals surface area contributed by atoms with Crippen LogP contribution >= 0.6 is 7.82 Å². The number of rotatable bonds is 51. The molecule has 0 rings (SSSR count). The van der Waals surface area contributed by atoms with Crippen molar-refractivity contribution in [2.24, 2.45) is 0 Å². The van der Waals surface area contributed by atoms with Crippen molar-refractivity contribution in [3.63, 3.8) is 0 Å².